The Morgan fingerprint density at radius 2 is 2.47 bits per heavy atom. The molecule has 2 heterocycles. The lowest BCUT2D eigenvalue weighted by molar-refractivity contribution is 0.0232. The summed E-state index contributed by atoms with van der Waals surface area (Å²) in [5.74, 6) is 0. The van der Waals surface area contributed by atoms with Crippen LogP contribution in [0.2, 0.25) is 5.15 Å². The number of rotatable bonds is 2. The van der Waals surface area contributed by atoms with Gasteiger partial charge in [-0.15, -0.1) is 0 Å². The minimum atomic E-state index is 0.341. The van der Waals surface area contributed by atoms with E-state index in [1.165, 1.54) is 0 Å². The topological polar surface area (TPSA) is 34.2 Å². The molecule has 0 bridgehead atoms. The largest absolute Gasteiger partial charge is 0.382 e. The molecule has 82 valence electrons. The highest BCUT2D eigenvalue weighted by molar-refractivity contribution is 6.29. The first-order chi connectivity index (χ1) is 7.24. The third-order valence-electron chi connectivity index (χ3n) is 2.58. The molecule has 1 saturated heterocycles. The van der Waals surface area contributed by atoms with E-state index in [-0.39, 0.29) is 0 Å². The van der Waals surface area contributed by atoms with Crippen LogP contribution in [0.1, 0.15) is 19.8 Å². The van der Waals surface area contributed by atoms with E-state index in [1.807, 2.05) is 12.1 Å². The first-order valence-electron chi connectivity index (χ1n) is 5.24. The van der Waals surface area contributed by atoms with E-state index in [0.717, 1.165) is 25.1 Å². The zero-order valence-electron chi connectivity index (χ0n) is 8.74. The highest BCUT2D eigenvalue weighted by Crippen LogP contribution is 2.19. The standard InChI is InChI=1S/C11H15ClN2O/c1-8-6-10(3-5-15-8)14-9-2-4-13-11(12)7-9/h2,4,7-8,10H,3,5-6H2,1H3,(H,13,14). The SMILES string of the molecule is CC1CC(Nc2ccnc(Cl)c2)CCO1. The predicted octanol–water partition coefficient (Wildman–Crippen LogP) is 2.71. The van der Waals surface area contributed by atoms with Gasteiger partial charge in [-0.05, 0) is 31.9 Å². The Bertz CT molecular complexity index is 332. The molecule has 1 aliphatic rings. The Hall–Kier alpha value is -0.800. The van der Waals surface area contributed by atoms with Crippen molar-refractivity contribution in [2.75, 3.05) is 11.9 Å². The normalized spacial score (nSPS) is 26.3. The van der Waals surface area contributed by atoms with E-state index >= 15 is 0 Å². The number of hydrogen-bond donors (Lipinski definition) is 1. The third kappa shape index (κ3) is 3.08. The first-order valence-corrected chi connectivity index (χ1v) is 5.61. The molecule has 0 spiro atoms. The van der Waals surface area contributed by atoms with Gasteiger partial charge in [-0.1, -0.05) is 11.6 Å². The number of nitrogens with zero attached hydrogens (tertiary/aromatic N) is 1. The van der Waals surface area contributed by atoms with Crippen molar-refractivity contribution in [3.8, 4) is 0 Å². The van der Waals surface area contributed by atoms with Gasteiger partial charge in [-0.25, -0.2) is 4.98 Å². The fourth-order valence-corrected chi connectivity index (χ4v) is 2.03. The van der Waals surface area contributed by atoms with E-state index in [4.69, 9.17) is 16.3 Å². The highest BCUT2D eigenvalue weighted by atomic mass is 35.5. The molecule has 2 atom stereocenters. The van der Waals surface area contributed by atoms with E-state index < -0.39 is 0 Å². The summed E-state index contributed by atoms with van der Waals surface area (Å²) in [5, 5.41) is 3.98. The Morgan fingerprint density at radius 3 is 3.20 bits per heavy atom. The van der Waals surface area contributed by atoms with Gasteiger partial charge in [0, 0.05) is 24.5 Å². The van der Waals surface area contributed by atoms with Crippen molar-refractivity contribution in [1.82, 2.24) is 4.98 Å². The summed E-state index contributed by atoms with van der Waals surface area (Å²) >= 11 is 5.82. The van der Waals surface area contributed by atoms with Gasteiger partial charge in [0.1, 0.15) is 5.15 Å². The lowest BCUT2D eigenvalue weighted by Crippen LogP contribution is -2.32. The fraction of sp³-hybridized carbons (Fsp3) is 0.545. The van der Waals surface area contributed by atoms with Gasteiger partial charge in [0.15, 0.2) is 0 Å². The molecular formula is C11H15ClN2O. The van der Waals surface area contributed by atoms with Crippen LogP contribution in [0.5, 0.6) is 0 Å². The monoisotopic (exact) mass is 226 g/mol. The molecular weight excluding hydrogens is 212 g/mol. The second-order valence-corrected chi connectivity index (χ2v) is 4.30. The summed E-state index contributed by atoms with van der Waals surface area (Å²) in [7, 11) is 0. The molecule has 1 aromatic heterocycles. The maximum atomic E-state index is 5.82. The van der Waals surface area contributed by atoms with Crippen LogP contribution in [-0.2, 0) is 4.74 Å². The zero-order valence-corrected chi connectivity index (χ0v) is 9.50. The summed E-state index contributed by atoms with van der Waals surface area (Å²) in [6.45, 7) is 2.94. The highest BCUT2D eigenvalue weighted by Gasteiger charge is 2.18. The average molecular weight is 227 g/mol. The van der Waals surface area contributed by atoms with Crippen LogP contribution in [0.3, 0.4) is 0 Å². The molecule has 1 N–H and O–H groups in total. The number of ether oxygens (including phenoxy) is 1. The Balaban J connectivity index is 1.96. The molecule has 0 amide bonds. The maximum Gasteiger partial charge on any atom is 0.131 e. The van der Waals surface area contributed by atoms with Gasteiger partial charge < -0.3 is 10.1 Å². The summed E-state index contributed by atoms with van der Waals surface area (Å²) in [6, 6.07) is 4.26. The molecule has 1 fully saturated rings. The molecule has 0 aromatic carbocycles. The minimum absolute atomic E-state index is 0.341. The van der Waals surface area contributed by atoms with Gasteiger partial charge in [0.05, 0.1) is 6.10 Å². The van der Waals surface area contributed by atoms with E-state index in [9.17, 15) is 0 Å². The summed E-state index contributed by atoms with van der Waals surface area (Å²) in [4.78, 5) is 3.95. The maximum absolute atomic E-state index is 5.82. The van der Waals surface area contributed by atoms with Crippen molar-refractivity contribution in [3.05, 3.63) is 23.5 Å². The lowest BCUT2D eigenvalue weighted by Gasteiger charge is -2.28. The van der Waals surface area contributed by atoms with E-state index in [0.29, 0.717) is 17.3 Å². The number of anilines is 1. The summed E-state index contributed by atoms with van der Waals surface area (Å²) in [6.07, 6.45) is 4.14. The van der Waals surface area contributed by atoms with Crippen molar-refractivity contribution >= 4 is 17.3 Å². The van der Waals surface area contributed by atoms with Gasteiger partial charge in [-0.3, -0.25) is 0 Å². The van der Waals surface area contributed by atoms with Crippen LogP contribution >= 0.6 is 11.6 Å². The quantitative estimate of drug-likeness (QED) is 0.788. The molecule has 0 aliphatic carbocycles. The Morgan fingerprint density at radius 1 is 1.60 bits per heavy atom. The molecule has 0 saturated carbocycles. The third-order valence-corrected chi connectivity index (χ3v) is 2.79. The van der Waals surface area contributed by atoms with Crippen molar-refractivity contribution in [1.29, 1.82) is 0 Å². The molecule has 4 heteroatoms. The molecule has 1 aromatic rings. The molecule has 0 radical (unpaired) electrons. The van der Waals surface area contributed by atoms with E-state index in [2.05, 4.69) is 17.2 Å². The number of nitrogens with one attached hydrogen (secondary N) is 1. The van der Waals surface area contributed by atoms with Crippen LogP contribution in [0.4, 0.5) is 5.69 Å². The average Bonchev–Trinajstić information content (AvgIpc) is 2.17. The van der Waals surface area contributed by atoms with Crippen LogP contribution in [0.25, 0.3) is 0 Å². The molecule has 1 aliphatic heterocycles. The van der Waals surface area contributed by atoms with E-state index in [1.54, 1.807) is 6.20 Å². The zero-order chi connectivity index (χ0) is 10.7. The molecule has 2 unspecified atom stereocenters. The van der Waals surface area contributed by atoms with Gasteiger partial charge in [-0.2, -0.15) is 0 Å². The van der Waals surface area contributed by atoms with Crippen LogP contribution in [0.15, 0.2) is 18.3 Å². The predicted molar refractivity (Wildman–Crippen MR) is 61.3 cm³/mol. The molecule has 3 nitrogen and oxygen atoms in total. The van der Waals surface area contributed by atoms with Gasteiger partial charge >= 0.3 is 0 Å². The van der Waals surface area contributed by atoms with Crippen LogP contribution in [0, 0.1) is 0 Å². The second kappa shape index (κ2) is 4.81. The van der Waals surface area contributed by atoms with Crippen LogP contribution in [-0.4, -0.2) is 23.7 Å². The number of hydrogen-bond acceptors (Lipinski definition) is 3. The smallest absolute Gasteiger partial charge is 0.131 e. The van der Waals surface area contributed by atoms with Crippen molar-refractivity contribution < 1.29 is 4.74 Å². The molecule has 15 heavy (non-hydrogen) atoms. The van der Waals surface area contributed by atoms with Gasteiger partial charge in [0.25, 0.3) is 0 Å². The summed E-state index contributed by atoms with van der Waals surface area (Å²) < 4.78 is 5.49. The number of pyridine rings is 1. The number of aromatic nitrogens is 1. The molecule has 2 rings (SSSR count). The van der Waals surface area contributed by atoms with Crippen molar-refractivity contribution in [2.24, 2.45) is 0 Å². The Kier molecular flexibility index (Phi) is 3.44. The lowest BCUT2D eigenvalue weighted by atomic mass is 10.0. The number of halogens is 1. The first kappa shape index (κ1) is 10.7. The summed E-state index contributed by atoms with van der Waals surface area (Å²) in [5.41, 5.74) is 1.04. The van der Waals surface area contributed by atoms with Crippen molar-refractivity contribution in [2.45, 2.75) is 31.9 Å². The Labute approximate surface area is 94.8 Å². The van der Waals surface area contributed by atoms with Crippen molar-refractivity contribution in [3.63, 3.8) is 0 Å². The minimum Gasteiger partial charge on any atom is -0.382 e. The fourth-order valence-electron chi connectivity index (χ4n) is 1.86. The second-order valence-electron chi connectivity index (χ2n) is 3.91. The van der Waals surface area contributed by atoms with Gasteiger partial charge in [0.2, 0.25) is 0 Å². The van der Waals surface area contributed by atoms with Crippen LogP contribution < -0.4 is 5.32 Å².